The van der Waals surface area contributed by atoms with Crippen LogP contribution in [-0.4, -0.2) is 17.0 Å². The number of carboxylic acids is 1. The average molecular weight is 275 g/mol. The van der Waals surface area contributed by atoms with E-state index in [0.717, 1.165) is 5.56 Å². The molecule has 0 radical (unpaired) electrons. The van der Waals surface area contributed by atoms with E-state index in [0.29, 0.717) is 16.8 Å². The predicted octanol–water partition coefficient (Wildman–Crippen LogP) is 3.32. The SMILES string of the molecule is Cc1cc(NC(=O)c2ccsc2)cc(C(=O)O)c1C. The van der Waals surface area contributed by atoms with Gasteiger partial charge < -0.3 is 10.4 Å². The number of aryl methyl sites for hydroxylation is 1. The smallest absolute Gasteiger partial charge is 0.336 e. The molecular weight excluding hydrogens is 262 g/mol. The second-order valence-corrected chi connectivity index (χ2v) is 5.02. The number of carboxylic acid groups (broad SMARTS) is 1. The van der Waals surface area contributed by atoms with Crippen LogP contribution >= 0.6 is 11.3 Å². The Labute approximate surface area is 114 Å². The standard InChI is InChI=1S/C14H13NO3S/c1-8-5-11(6-12(9(8)2)14(17)18)15-13(16)10-3-4-19-7-10/h3-7H,1-2H3,(H,15,16)(H,17,18). The highest BCUT2D eigenvalue weighted by Gasteiger charge is 2.13. The molecule has 2 N–H and O–H groups in total. The Morgan fingerprint density at radius 1 is 1.26 bits per heavy atom. The van der Waals surface area contributed by atoms with Crippen LogP contribution in [0, 0.1) is 13.8 Å². The second-order valence-electron chi connectivity index (χ2n) is 4.24. The van der Waals surface area contributed by atoms with Crippen LogP contribution in [0.25, 0.3) is 0 Å². The minimum atomic E-state index is -0.993. The molecule has 0 atom stereocenters. The van der Waals surface area contributed by atoms with Crippen molar-refractivity contribution < 1.29 is 14.7 Å². The zero-order valence-electron chi connectivity index (χ0n) is 10.6. The van der Waals surface area contributed by atoms with E-state index < -0.39 is 5.97 Å². The number of nitrogens with one attached hydrogen (secondary N) is 1. The van der Waals surface area contributed by atoms with E-state index in [-0.39, 0.29) is 11.5 Å². The molecule has 0 aliphatic rings. The molecule has 0 unspecified atom stereocenters. The number of carbonyl (C=O) groups excluding carboxylic acids is 1. The Bertz CT molecular complexity index is 632. The molecule has 1 aromatic carbocycles. The lowest BCUT2D eigenvalue weighted by Gasteiger charge is -2.10. The van der Waals surface area contributed by atoms with Gasteiger partial charge in [-0.15, -0.1) is 0 Å². The molecule has 2 aromatic rings. The maximum atomic E-state index is 11.9. The fourth-order valence-corrected chi connectivity index (χ4v) is 2.39. The van der Waals surface area contributed by atoms with Crippen molar-refractivity contribution in [3.05, 3.63) is 51.2 Å². The number of anilines is 1. The van der Waals surface area contributed by atoms with Crippen LogP contribution in [0.5, 0.6) is 0 Å². The van der Waals surface area contributed by atoms with E-state index in [4.69, 9.17) is 5.11 Å². The Hall–Kier alpha value is -2.14. The van der Waals surface area contributed by atoms with Crippen LogP contribution in [0.3, 0.4) is 0 Å². The van der Waals surface area contributed by atoms with Gasteiger partial charge in [-0.1, -0.05) is 0 Å². The van der Waals surface area contributed by atoms with E-state index in [9.17, 15) is 9.59 Å². The van der Waals surface area contributed by atoms with Gasteiger partial charge in [0.1, 0.15) is 0 Å². The van der Waals surface area contributed by atoms with Gasteiger partial charge in [-0.25, -0.2) is 4.79 Å². The zero-order chi connectivity index (χ0) is 14.0. The minimum absolute atomic E-state index is 0.209. The summed E-state index contributed by atoms with van der Waals surface area (Å²) in [6.45, 7) is 3.57. The molecule has 19 heavy (non-hydrogen) atoms. The molecule has 0 fully saturated rings. The monoisotopic (exact) mass is 275 g/mol. The maximum absolute atomic E-state index is 11.9. The number of amides is 1. The van der Waals surface area contributed by atoms with Gasteiger partial charge in [-0.2, -0.15) is 11.3 Å². The van der Waals surface area contributed by atoms with Gasteiger partial charge in [0.05, 0.1) is 11.1 Å². The van der Waals surface area contributed by atoms with Gasteiger partial charge in [-0.3, -0.25) is 4.79 Å². The summed E-state index contributed by atoms with van der Waals surface area (Å²) >= 11 is 1.44. The third-order valence-electron chi connectivity index (χ3n) is 2.94. The van der Waals surface area contributed by atoms with Crippen LogP contribution in [0.15, 0.2) is 29.0 Å². The lowest BCUT2D eigenvalue weighted by molar-refractivity contribution is 0.0695. The maximum Gasteiger partial charge on any atom is 0.336 e. The van der Waals surface area contributed by atoms with Crippen molar-refractivity contribution in [1.82, 2.24) is 0 Å². The van der Waals surface area contributed by atoms with Crippen LogP contribution in [0.1, 0.15) is 31.8 Å². The summed E-state index contributed by atoms with van der Waals surface area (Å²) in [5, 5.41) is 15.4. The summed E-state index contributed by atoms with van der Waals surface area (Å²) in [5.74, 6) is -1.23. The first-order chi connectivity index (χ1) is 8.99. The second kappa shape index (κ2) is 5.24. The number of aromatic carboxylic acids is 1. The van der Waals surface area contributed by atoms with Crippen LogP contribution < -0.4 is 5.32 Å². The number of hydrogen-bond donors (Lipinski definition) is 2. The minimum Gasteiger partial charge on any atom is -0.478 e. The van der Waals surface area contributed by atoms with Crippen molar-refractivity contribution >= 4 is 28.9 Å². The van der Waals surface area contributed by atoms with Crippen LogP contribution in [-0.2, 0) is 0 Å². The van der Waals surface area contributed by atoms with E-state index in [1.165, 1.54) is 17.4 Å². The van der Waals surface area contributed by atoms with Crippen LogP contribution in [0.2, 0.25) is 0 Å². The number of carbonyl (C=O) groups is 2. The summed E-state index contributed by atoms with van der Waals surface area (Å²) in [7, 11) is 0. The number of hydrogen-bond acceptors (Lipinski definition) is 3. The molecule has 0 bridgehead atoms. The molecule has 0 aliphatic carbocycles. The molecule has 2 rings (SSSR count). The normalized spacial score (nSPS) is 10.2. The quantitative estimate of drug-likeness (QED) is 0.903. The molecule has 1 amide bonds. The van der Waals surface area contributed by atoms with Crippen molar-refractivity contribution in [2.24, 2.45) is 0 Å². The number of benzene rings is 1. The summed E-state index contributed by atoms with van der Waals surface area (Å²) in [4.78, 5) is 23.0. The molecule has 0 saturated carbocycles. The first-order valence-corrected chi connectivity index (χ1v) is 6.61. The molecule has 98 valence electrons. The van der Waals surface area contributed by atoms with E-state index in [2.05, 4.69) is 5.32 Å². The molecular formula is C14H13NO3S. The third kappa shape index (κ3) is 2.82. The van der Waals surface area contributed by atoms with Gasteiger partial charge in [0, 0.05) is 11.1 Å². The predicted molar refractivity (Wildman–Crippen MR) is 75.1 cm³/mol. The molecule has 0 aliphatic heterocycles. The fraction of sp³-hybridized carbons (Fsp3) is 0.143. The topological polar surface area (TPSA) is 66.4 Å². The highest BCUT2D eigenvalue weighted by molar-refractivity contribution is 7.08. The third-order valence-corrected chi connectivity index (χ3v) is 3.62. The molecule has 4 nitrogen and oxygen atoms in total. The highest BCUT2D eigenvalue weighted by Crippen LogP contribution is 2.21. The molecule has 0 spiro atoms. The van der Waals surface area contributed by atoms with E-state index in [1.807, 2.05) is 12.3 Å². The Morgan fingerprint density at radius 2 is 2.00 bits per heavy atom. The Kier molecular flexibility index (Phi) is 3.66. The van der Waals surface area contributed by atoms with Crippen molar-refractivity contribution in [3.8, 4) is 0 Å². The van der Waals surface area contributed by atoms with Crippen LogP contribution in [0.4, 0.5) is 5.69 Å². The molecule has 5 heteroatoms. The van der Waals surface area contributed by atoms with Crippen molar-refractivity contribution in [2.75, 3.05) is 5.32 Å². The van der Waals surface area contributed by atoms with Crippen molar-refractivity contribution in [2.45, 2.75) is 13.8 Å². The van der Waals surface area contributed by atoms with Gasteiger partial charge in [-0.05, 0) is 48.6 Å². The Balaban J connectivity index is 2.31. The zero-order valence-corrected chi connectivity index (χ0v) is 11.4. The Morgan fingerprint density at radius 3 is 2.58 bits per heavy atom. The first kappa shape index (κ1) is 13.3. The van der Waals surface area contributed by atoms with Crippen molar-refractivity contribution in [3.63, 3.8) is 0 Å². The number of thiophene rings is 1. The summed E-state index contributed by atoms with van der Waals surface area (Å²) in [5.41, 5.74) is 2.82. The summed E-state index contributed by atoms with van der Waals surface area (Å²) in [6, 6.07) is 4.97. The fourth-order valence-electron chi connectivity index (χ4n) is 1.75. The van der Waals surface area contributed by atoms with Gasteiger partial charge in [0.25, 0.3) is 5.91 Å². The lowest BCUT2D eigenvalue weighted by atomic mass is 10.0. The molecule has 1 heterocycles. The molecule has 0 saturated heterocycles. The largest absolute Gasteiger partial charge is 0.478 e. The number of rotatable bonds is 3. The molecule has 1 aromatic heterocycles. The van der Waals surface area contributed by atoms with Gasteiger partial charge in [0.2, 0.25) is 0 Å². The summed E-state index contributed by atoms with van der Waals surface area (Å²) < 4.78 is 0. The lowest BCUT2D eigenvalue weighted by Crippen LogP contribution is -2.12. The highest BCUT2D eigenvalue weighted by atomic mass is 32.1. The first-order valence-electron chi connectivity index (χ1n) is 5.67. The van der Waals surface area contributed by atoms with Crippen molar-refractivity contribution in [1.29, 1.82) is 0 Å². The van der Waals surface area contributed by atoms with Gasteiger partial charge in [0.15, 0.2) is 0 Å². The van der Waals surface area contributed by atoms with E-state index >= 15 is 0 Å². The summed E-state index contributed by atoms with van der Waals surface area (Å²) in [6.07, 6.45) is 0. The average Bonchev–Trinajstić information content (AvgIpc) is 2.86. The van der Waals surface area contributed by atoms with Gasteiger partial charge >= 0.3 is 5.97 Å². The van der Waals surface area contributed by atoms with E-state index in [1.54, 1.807) is 24.4 Å².